The fourth-order valence-corrected chi connectivity index (χ4v) is 2.58. The summed E-state index contributed by atoms with van der Waals surface area (Å²) in [4.78, 5) is 11.8. The fraction of sp³-hybridized carbons (Fsp3) is 0.579. The van der Waals surface area contributed by atoms with E-state index >= 15 is 0 Å². The van der Waals surface area contributed by atoms with Gasteiger partial charge in [0.15, 0.2) is 6.61 Å². The first kappa shape index (κ1) is 17.5. The van der Waals surface area contributed by atoms with Crippen LogP contribution in [0.3, 0.4) is 0 Å². The number of hydrogen-bond acceptors (Lipinski definition) is 3. The van der Waals surface area contributed by atoms with Gasteiger partial charge in [-0.2, -0.15) is 5.10 Å². The summed E-state index contributed by atoms with van der Waals surface area (Å²) in [6, 6.07) is 7.89. The number of hydrazone groups is 1. The molecule has 0 aliphatic heterocycles. The standard InChI is InChI=1S/C19H28N2O2/c1-14-5-9-16(10-6-14)20-21-18(22)13-23-17-11-7-15(8-12-17)19(2,3)4/h7-8,11-12,14H,5-6,9-10,13H2,1-4H3,(H,21,22). The Morgan fingerprint density at radius 3 is 2.39 bits per heavy atom. The van der Waals surface area contributed by atoms with Crippen molar-refractivity contribution in [3.8, 4) is 5.75 Å². The van der Waals surface area contributed by atoms with Gasteiger partial charge < -0.3 is 4.74 Å². The number of nitrogens with zero attached hydrogens (tertiary/aromatic N) is 1. The Bertz CT molecular complexity index is 546. The summed E-state index contributed by atoms with van der Waals surface area (Å²) in [5.41, 5.74) is 5.04. The zero-order chi connectivity index (χ0) is 16.9. The molecule has 0 unspecified atom stereocenters. The van der Waals surface area contributed by atoms with Gasteiger partial charge in [0.25, 0.3) is 5.91 Å². The number of hydrogen-bond donors (Lipinski definition) is 1. The van der Waals surface area contributed by atoms with Crippen LogP contribution in [0, 0.1) is 5.92 Å². The highest BCUT2D eigenvalue weighted by atomic mass is 16.5. The third-order valence-electron chi connectivity index (χ3n) is 4.28. The van der Waals surface area contributed by atoms with Crippen molar-refractivity contribution in [3.63, 3.8) is 0 Å². The van der Waals surface area contributed by atoms with E-state index in [4.69, 9.17) is 4.74 Å². The Kier molecular flexibility index (Phi) is 5.80. The maximum atomic E-state index is 11.8. The van der Waals surface area contributed by atoms with Gasteiger partial charge in [-0.15, -0.1) is 0 Å². The van der Waals surface area contributed by atoms with E-state index in [0.29, 0.717) is 5.75 Å². The molecule has 126 valence electrons. The second-order valence-corrected chi connectivity index (χ2v) is 7.46. The van der Waals surface area contributed by atoms with Crippen molar-refractivity contribution in [1.29, 1.82) is 0 Å². The quantitative estimate of drug-likeness (QED) is 0.852. The maximum Gasteiger partial charge on any atom is 0.277 e. The summed E-state index contributed by atoms with van der Waals surface area (Å²) >= 11 is 0. The van der Waals surface area contributed by atoms with Gasteiger partial charge in [0.05, 0.1) is 0 Å². The van der Waals surface area contributed by atoms with Crippen LogP contribution >= 0.6 is 0 Å². The number of carbonyl (C=O) groups excluding carboxylic acids is 1. The summed E-state index contributed by atoms with van der Waals surface area (Å²) in [7, 11) is 0. The summed E-state index contributed by atoms with van der Waals surface area (Å²) in [5, 5.41) is 4.21. The van der Waals surface area contributed by atoms with Gasteiger partial charge >= 0.3 is 0 Å². The lowest BCUT2D eigenvalue weighted by atomic mass is 9.87. The molecule has 1 N–H and O–H groups in total. The van der Waals surface area contributed by atoms with Crippen molar-refractivity contribution in [2.75, 3.05) is 6.61 Å². The highest BCUT2D eigenvalue weighted by molar-refractivity contribution is 5.87. The van der Waals surface area contributed by atoms with E-state index in [2.05, 4.69) is 38.2 Å². The maximum absolute atomic E-state index is 11.8. The molecule has 1 aliphatic carbocycles. The van der Waals surface area contributed by atoms with Crippen LogP contribution < -0.4 is 10.2 Å². The first-order chi connectivity index (χ1) is 10.8. The third-order valence-corrected chi connectivity index (χ3v) is 4.28. The van der Waals surface area contributed by atoms with Crippen molar-refractivity contribution in [3.05, 3.63) is 29.8 Å². The molecule has 1 aromatic carbocycles. The van der Waals surface area contributed by atoms with Gasteiger partial charge in [0.1, 0.15) is 5.75 Å². The molecule has 4 nitrogen and oxygen atoms in total. The van der Waals surface area contributed by atoms with Gasteiger partial charge in [-0.3, -0.25) is 4.79 Å². The molecular formula is C19H28N2O2. The molecule has 0 bridgehead atoms. The van der Waals surface area contributed by atoms with E-state index in [9.17, 15) is 4.79 Å². The zero-order valence-corrected chi connectivity index (χ0v) is 14.7. The van der Waals surface area contributed by atoms with Gasteiger partial charge in [-0.1, -0.05) is 39.8 Å². The van der Waals surface area contributed by atoms with Gasteiger partial charge in [0, 0.05) is 5.71 Å². The average Bonchev–Trinajstić information content (AvgIpc) is 2.52. The van der Waals surface area contributed by atoms with Crippen LogP contribution in [0.25, 0.3) is 0 Å². The molecule has 1 aromatic rings. The summed E-state index contributed by atoms with van der Waals surface area (Å²) in [5.74, 6) is 1.26. The largest absolute Gasteiger partial charge is 0.484 e. The lowest BCUT2D eigenvalue weighted by Gasteiger charge is -2.19. The van der Waals surface area contributed by atoms with E-state index in [1.165, 1.54) is 5.56 Å². The molecule has 1 fully saturated rings. The molecule has 0 heterocycles. The third kappa shape index (κ3) is 5.70. The van der Waals surface area contributed by atoms with Crippen molar-refractivity contribution >= 4 is 11.6 Å². The molecule has 1 aliphatic rings. The monoisotopic (exact) mass is 316 g/mol. The number of benzene rings is 1. The molecule has 4 heteroatoms. The summed E-state index contributed by atoms with van der Waals surface area (Å²) in [6.07, 6.45) is 4.28. The van der Waals surface area contributed by atoms with Crippen molar-refractivity contribution in [1.82, 2.24) is 5.43 Å². The van der Waals surface area contributed by atoms with Crippen LogP contribution in [-0.2, 0) is 10.2 Å². The molecule has 0 saturated heterocycles. The highest BCUT2D eigenvalue weighted by Crippen LogP contribution is 2.24. The number of rotatable bonds is 4. The second kappa shape index (κ2) is 7.62. The molecule has 23 heavy (non-hydrogen) atoms. The second-order valence-electron chi connectivity index (χ2n) is 7.46. The Morgan fingerprint density at radius 2 is 1.83 bits per heavy atom. The van der Waals surface area contributed by atoms with Crippen molar-refractivity contribution < 1.29 is 9.53 Å². The van der Waals surface area contributed by atoms with E-state index in [1.54, 1.807) is 0 Å². The number of carbonyl (C=O) groups is 1. The zero-order valence-electron chi connectivity index (χ0n) is 14.7. The van der Waals surface area contributed by atoms with Crippen molar-refractivity contribution in [2.24, 2.45) is 11.0 Å². The normalized spacial score (nSPS) is 18.4. The van der Waals surface area contributed by atoms with E-state index in [1.807, 2.05) is 24.3 Å². The first-order valence-corrected chi connectivity index (χ1v) is 8.42. The lowest BCUT2D eigenvalue weighted by Crippen LogP contribution is -2.26. The molecule has 0 atom stereocenters. The van der Waals surface area contributed by atoms with E-state index in [-0.39, 0.29) is 17.9 Å². The van der Waals surface area contributed by atoms with Gasteiger partial charge in [-0.05, 0) is 54.7 Å². The molecule has 0 aromatic heterocycles. The predicted molar refractivity (Wildman–Crippen MR) is 93.8 cm³/mol. The number of amides is 1. The Labute approximate surface area is 139 Å². The minimum Gasteiger partial charge on any atom is -0.484 e. The molecule has 1 saturated carbocycles. The molecule has 0 radical (unpaired) electrons. The SMILES string of the molecule is CC1CCC(=NNC(=O)COc2ccc(C(C)(C)C)cc2)CC1. The van der Waals surface area contributed by atoms with Crippen LogP contribution in [0.4, 0.5) is 0 Å². The van der Waals surface area contributed by atoms with Crippen LogP contribution in [-0.4, -0.2) is 18.2 Å². The molecule has 1 amide bonds. The number of nitrogens with one attached hydrogen (secondary N) is 1. The van der Waals surface area contributed by atoms with Crippen LogP contribution in [0.15, 0.2) is 29.4 Å². The Morgan fingerprint density at radius 1 is 1.22 bits per heavy atom. The van der Waals surface area contributed by atoms with Crippen LogP contribution in [0.2, 0.25) is 0 Å². The van der Waals surface area contributed by atoms with Crippen LogP contribution in [0.1, 0.15) is 58.9 Å². The van der Waals surface area contributed by atoms with Crippen LogP contribution in [0.5, 0.6) is 5.75 Å². The fourth-order valence-electron chi connectivity index (χ4n) is 2.58. The minimum absolute atomic E-state index is 0.0119. The Balaban J connectivity index is 1.77. The smallest absolute Gasteiger partial charge is 0.277 e. The predicted octanol–water partition coefficient (Wildman–Crippen LogP) is 4.05. The number of ether oxygens (including phenoxy) is 1. The van der Waals surface area contributed by atoms with Crippen molar-refractivity contribution in [2.45, 2.75) is 58.8 Å². The van der Waals surface area contributed by atoms with E-state index in [0.717, 1.165) is 37.3 Å². The summed E-state index contributed by atoms with van der Waals surface area (Å²) in [6.45, 7) is 8.75. The van der Waals surface area contributed by atoms with Gasteiger partial charge in [0.2, 0.25) is 0 Å². The lowest BCUT2D eigenvalue weighted by molar-refractivity contribution is -0.123. The molecular weight excluding hydrogens is 288 g/mol. The molecule has 0 spiro atoms. The molecule has 2 rings (SSSR count). The topological polar surface area (TPSA) is 50.7 Å². The summed E-state index contributed by atoms with van der Waals surface area (Å²) < 4.78 is 5.51. The highest BCUT2D eigenvalue weighted by Gasteiger charge is 2.14. The Hall–Kier alpha value is -1.84. The first-order valence-electron chi connectivity index (χ1n) is 8.42. The van der Waals surface area contributed by atoms with E-state index < -0.39 is 0 Å². The minimum atomic E-state index is -0.212. The average molecular weight is 316 g/mol. The van der Waals surface area contributed by atoms with Gasteiger partial charge in [-0.25, -0.2) is 5.43 Å².